The lowest BCUT2D eigenvalue weighted by Crippen LogP contribution is -1.98. The summed E-state index contributed by atoms with van der Waals surface area (Å²) in [6.07, 6.45) is 12.8. The number of allylic oxidation sites excluding steroid dienone is 3. The van der Waals surface area contributed by atoms with Crippen LogP contribution in [0, 0.1) is 5.92 Å². The van der Waals surface area contributed by atoms with Crippen molar-refractivity contribution in [2.45, 2.75) is 25.9 Å². The normalized spacial score (nSPS) is 19.9. The molecule has 1 nitrogen and oxygen atoms in total. The average molecular weight is 228 g/mol. The third kappa shape index (κ3) is 4.58. The van der Waals surface area contributed by atoms with Gasteiger partial charge in [-0.15, -0.1) is 0 Å². The Kier molecular flexibility index (Phi) is 5.05. The lowest BCUT2D eigenvalue weighted by molar-refractivity contribution is 0.148. The van der Waals surface area contributed by atoms with Gasteiger partial charge in [-0.25, -0.2) is 0 Å². The van der Waals surface area contributed by atoms with Crippen LogP contribution in [0.3, 0.4) is 0 Å². The van der Waals surface area contributed by atoms with Crippen molar-refractivity contribution >= 4 is 0 Å². The molecule has 90 valence electrons. The van der Waals surface area contributed by atoms with Crippen LogP contribution in [0.2, 0.25) is 0 Å². The van der Waals surface area contributed by atoms with E-state index in [1.807, 2.05) is 18.2 Å². The van der Waals surface area contributed by atoms with Crippen molar-refractivity contribution in [3.8, 4) is 0 Å². The van der Waals surface area contributed by atoms with Crippen LogP contribution >= 0.6 is 0 Å². The van der Waals surface area contributed by atoms with E-state index in [-0.39, 0.29) is 0 Å². The van der Waals surface area contributed by atoms with E-state index in [1.165, 1.54) is 24.8 Å². The van der Waals surface area contributed by atoms with Gasteiger partial charge in [-0.1, -0.05) is 54.6 Å². The molecular formula is C16H20O. The first-order valence-electron chi connectivity index (χ1n) is 6.40. The molecule has 0 aromatic heterocycles. The molecule has 0 spiro atoms. The van der Waals surface area contributed by atoms with E-state index in [9.17, 15) is 0 Å². The topological polar surface area (TPSA) is 9.23 Å². The number of ether oxygens (including phenoxy) is 1. The highest BCUT2D eigenvalue weighted by Gasteiger charge is 2.02. The molecule has 1 aromatic carbocycles. The number of benzene rings is 1. The monoisotopic (exact) mass is 228 g/mol. The predicted molar refractivity (Wildman–Crippen MR) is 71.7 cm³/mol. The van der Waals surface area contributed by atoms with Crippen molar-refractivity contribution < 1.29 is 4.74 Å². The Morgan fingerprint density at radius 2 is 2.12 bits per heavy atom. The molecule has 0 aliphatic heterocycles. The second kappa shape index (κ2) is 7.08. The molecule has 0 amide bonds. The fraction of sp³-hybridized carbons (Fsp3) is 0.375. The fourth-order valence-corrected chi connectivity index (χ4v) is 2.05. The van der Waals surface area contributed by atoms with Gasteiger partial charge in [0, 0.05) is 0 Å². The highest BCUT2D eigenvalue weighted by atomic mass is 16.5. The van der Waals surface area contributed by atoms with Crippen LogP contribution in [0.25, 0.3) is 0 Å². The summed E-state index contributed by atoms with van der Waals surface area (Å²) in [5.74, 6) is 0.629. The first-order chi connectivity index (χ1) is 8.45. The van der Waals surface area contributed by atoms with Crippen LogP contribution in [0.1, 0.15) is 24.8 Å². The van der Waals surface area contributed by atoms with E-state index in [0.717, 1.165) is 0 Å². The molecular weight excluding hydrogens is 208 g/mol. The van der Waals surface area contributed by atoms with Gasteiger partial charge in [0.2, 0.25) is 0 Å². The highest BCUT2D eigenvalue weighted by molar-refractivity contribution is 5.13. The Morgan fingerprint density at radius 1 is 1.24 bits per heavy atom. The zero-order valence-corrected chi connectivity index (χ0v) is 10.2. The zero-order chi connectivity index (χ0) is 11.8. The first kappa shape index (κ1) is 12.1. The number of hydrogen-bond acceptors (Lipinski definition) is 1. The molecule has 1 unspecified atom stereocenters. The summed E-state index contributed by atoms with van der Waals surface area (Å²) in [6.45, 7) is 1.41. The standard InChI is InChI=1S/C16H20O/c1-3-8-15(9-4-1)12-7-13-17-14-16-10-5-2-6-11-16/h2-3,5-8,10-12,15H,1,4,9,13-14H2/b12-7-. The molecule has 1 aliphatic carbocycles. The van der Waals surface area contributed by atoms with E-state index in [0.29, 0.717) is 19.1 Å². The molecule has 1 atom stereocenters. The van der Waals surface area contributed by atoms with Crippen molar-refractivity contribution in [1.82, 2.24) is 0 Å². The summed E-state index contributed by atoms with van der Waals surface area (Å²) in [4.78, 5) is 0. The average Bonchev–Trinajstić information content (AvgIpc) is 2.41. The van der Waals surface area contributed by atoms with Gasteiger partial charge >= 0.3 is 0 Å². The highest BCUT2D eigenvalue weighted by Crippen LogP contribution is 2.17. The van der Waals surface area contributed by atoms with Crippen LogP contribution in [0.4, 0.5) is 0 Å². The fourth-order valence-electron chi connectivity index (χ4n) is 2.05. The molecule has 0 saturated heterocycles. The minimum Gasteiger partial charge on any atom is -0.373 e. The van der Waals surface area contributed by atoms with Gasteiger partial charge in [0.25, 0.3) is 0 Å². The molecule has 1 aromatic rings. The first-order valence-corrected chi connectivity index (χ1v) is 6.40. The van der Waals surface area contributed by atoms with Gasteiger partial charge in [-0.05, 0) is 30.7 Å². The third-order valence-electron chi connectivity index (χ3n) is 3.00. The van der Waals surface area contributed by atoms with Gasteiger partial charge < -0.3 is 4.74 Å². The predicted octanol–water partition coefficient (Wildman–Crippen LogP) is 4.12. The summed E-state index contributed by atoms with van der Waals surface area (Å²) in [6, 6.07) is 10.3. The molecule has 0 saturated carbocycles. The van der Waals surface area contributed by atoms with E-state index < -0.39 is 0 Å². The lowest BCUT2D eigenvalue weighted by atomic mass is 9.96. The number of rotatable bonds is 5. The molecule has 2 rings (SSSR count). The second-order valence-corrected chi connectivity index (χ2v) is 4.45. The van der Waals surface area contributed by atoms with Gasteiger partial charge in [0.15, 0.2) is 0 Å². The Morgan fingerprint density at radius 3 is 2.88 bits per heavy atom. The molecule has 17 heavy (non-hydrogen) atoms. The SMILES string of the molecule is C1=CC(/C=C\COCc2ccccc2)CCC1. The third-order valence-corrected chi connectivity index (χ3v) is 3.00. The van der Waals surface area contributed by atoms with Gasteiger partial charge in [-0.2, -0.15) is 0 Å². The summed E-state index contributed by atoms with van der Waals surface area (Å²) >= 11 is 0. The summed E-state index contributed by atoms with van der Waals surface area (Å²) in [7, 11) is 0. The molecule has 0 bridgehead atoms. The van der Waals surface area contributed by atoms with Gasteiger partial charge in [0.05, 0.1) is 13.2 Å². The maximum absolute atomic E-state index is 5.60. The minimum atomic E-state index is 0.629. The smallest absolute Gasteiger partial charge is 0.0721 e. The maximum atomic E-state index is 5.60. The molecule has 0 heterocycles. The summed E-state index contributed by atoms with van der Waals surface area (Å²) < 4.78 is 5.60. The lowest BCUT2D eigenvalue weighted by Gasteiger charge is -2.11. The van der Waals surface area contributed by atoms with E-state index in [4.69, 9.17) is 4.74 Å². The quantitative estimate of drug-likeness (QED) is 0.544. The van der Waals surface area contributed by atoms with Crippen molar-refractivity contribution in [3.63, 3.8) is 0 Å². The minimum absolute atomic E-state index is 0.629. The molecule has 0 N–H and O–H groups in total. The van der Waals surface area contributed by atoms with Crippen LogP contribution in [-0.4, -0.2) is 6.61 Å². The van der Waals surface area contributed by atoms with Gasteiger partial charge in [0.1, 0.15) is 0 Å². The largest absolute Gasteiger partial charge is 0.373 e. The van der Waals surface area contributed by atoms with E-state index in [1.54, 1.807) is 0 Å². The van der Waals surface area contributed by atoms with Gasteiger partial charge in [-0.3, -0.25) is 0 Å². The van der Waals surface area contributed by atoms with Crippen LogP contribution in [0.5, 0.6) is 0 Å². The summed E-state index contributed by atoms with van der Waals surface area (Å²) in [5, 5.41) is 0. The Hall–Kier alpha value is -1.34. The van der Waals surface area contributed by atoms with Crippen molar-refractivity contribution in [2.24, 2.45) is 5.92 Å². The molecule has 1 heteroatoms. The Labute approximate surface area is 104 Å². The number of hydrogen-bond donors (Lipinski definition) is 0. The zero-order valence-electron chi connectivity index (χ0n) is 10.2. The second-order valence-electron chi connectivity index (χ2n) is 4.45. The van der Waals surface area contributed by atoms with Crippen LogP contribution < -0.4 is 0 Å². The van der Waals surface area contributed by atoms with Crippen LogP contribution in [-0.2, 0) is 11.3 Å². The molecule has 0 fully saturated rings. The van der Waals surface area contributed by atoms with Crippen molar-refractivity contribution in [2.75, 3.05) is 6.61 Å². The maximum Gasteiger partial charge on any atom is 0.0721 e. The Bertz CT molecular complexity index is 364. The van der Waals surface area contributed by atoms with Crippen LogP contribution in [0.15, 0.2) is 54.6 Å². The van der Waals surface area contributed by atoms with Crippen molar-refractivity contribution in [3.05, 3.63) is 60.2 Å². The molecule has 0 radical (unpaired) electrons. The van der Waals surface area contributed by atoms with E-state index in [2.05, 4.69) is 36.4 Å². The Balaban J connectivity index is 1.64. The van der Waals surface area contributed by atoms with E-state index >= 15 is 0 Å². The molecule has 1 aliphatic rings. The van der Waals surface area contributed by atoms with Crippen molar-refractivity contribution in [1.29, 1.82) is 0 Å². The summed E-state index contributed by atoms with van der Waals surface area (Å²) in [5.41, 5.74) is 1.23.